The number of carbonyl (C=O) groups excluding carboxylic acids is 3. The zero-order valence-corrected chi connectivity index (χ0v) is 12.4. The summed E-state index contributed by atoms with van der Waals surface area (Å²) in [7, 11) is 1.31. The summed E-state index contributed by atoms with van der Waals surface area (Å²) >= 11 is 0. The molecule has 6 heteroatoms. The molecule has 0 saturated carbocycles. The molecule has 0 radical (unpaired) electrons. The van der Waals surface area contributed by atoms with E-state index in [-0.39, 0.29) is 12.5 Å². The zero-order chi connectivity index (χ0) is 15.5. The quantitative estimate of drug-likeness (QED) is 0.383. The molecular weight excluding hydrogens is 264 g/mol. The van der Waals surface area contributed by atoms with Crippen LogP contribution < -0.4 is 0 Å². The fourth-order valence-electron chi connectivity index (χ4n) is 1.52. The molecule has 6 nitrogen and oxygen atoms in total. The molecule has 0 spiro atoms. The van der Waals surface area contributed by atoms with Crippen LogP contribution in [0.15, 0.2) is 12.2 Å². The van der Waals surface area contributed by atoms with Crippen LogP contribution in [0.1, 0.15) is 33.6 Å². The van der Waals surface area contributed by atoms with Gasteiger partial charge in [-0.05, 0) is 18.8 Å². The lowest BCUT2D eigenvalue weighted by Crippen LogP contribution is -2.30. The molecule has 0 bridgehead atoms. The summed E-state index contributed by atoms with van der Waals surface area (Å²) in [6, 6.07) is 0. The molecule has 0 aliphatic carbocycles. The second-order valence-electron chi connectivity index (χ2n) is 4.43. The van der Waals surface area contributed by atoms with Crippen molar-refractivity contribution in [1.29, 1.82) is 0 Å². The van der Waals surface area contributed by atoms with E-state index >= 15 is 0 Å². The van der Waals surface area contributed by atoms with Crippen molar-refractivity contribution in [2.24, 2.45) is 5.92 Å². The van der Waals surface area contributed by atoms with Crippen LogP contribution in [0.25, 0.3) is 0 Å². The number of ether oxygens (including phenoxy) is 3. The van der Waals surface area contributed by atoms with Gasteiger partial charge in [0.15, 0.2) is 0 Å². The Morgan fingerprint density at radius 3 is 2.30 bits per heavy atom. The summed E-state index contributed by atoms with van der Waals surface area (Å²) in [6.07, 6.45) is 3.88. The smallest absolute Gasteiger partial charge is 0.330 e. The lowest BCUT2D eigenvalue weighted by molar-refractivity contribution is -0.159. The maximum atomic E-state index is 11.0. The Balaban J connectivity index is 4.28. The third-order valence-electron chi connectivity index (χ3n) is 2.65. The predicted molar refractivity (Wildman–Crippen MR) is 71.7 cm³/mol. The normalized spacial score (nSPS) is 13.6. The molecular formula is C14H22O6. The van der Waals surface area contributed by atoms with E-state index in [4.69, 9.17) is 9.47 Å². The Labute approximate surface area is 119 Å². The minimum Gasteiger partial charge on any atom is -0.466 e. The monoisotopic (exact) mass is 286 g/mol. The number of esters is 3. The molecule has 0 saturated heterocycles. The van der Waals surface area contributed by atoms with E-state index in [2.05, 4.69) is 4.74 Å². The van der Waals surface area contributed by atoms with E-state index in [0.717, 1.165) is 0 Å². The average Bonchev–Trinajstić information content (AvgIpc) is 2.38. The molecule has 0 aromatic rings. The van der Waals surface area contributed by atoms with Gasteiger partial charge in [-0.3, -0.25) is 9.59 Å². The van der Waals surface area contributed by atoms with Crippen LogP contribution in [0.3, 0.4) is 0 Å². The Morgan fingerprint density at radius 2 is 1.80 bits per heavy atom. The Hall–Kier alpha value is -1.85. The highest BCUT2D eigenvalue weighted by atomic mass is 16.6. The van der Waals surface area contributed by atoms with Gasteiger partial charge in [0, 0.05) is 19.9 Å². The van der Waals surface area contributed by atoms with Crippen LogP contribution in [0.4, 0.5) is 0 Å². The summed E-state index contributed by atoms with van der Waals surface area (Å²) in [5.41, 5.74) is 0. The molecule has 0 aliphatic rings. The second kappa shape index (κ2) is 10.00. The van der Waals surface area contributed by atoms with Gasteiger partial charge < -0.3 is 14.2 Å². The van der Waals surface area contributed by atoms with E-state index in [9.17, 15) is 14.4 Å². The summed E-state index contributed by atoms with van der Waals surface area (Å²) in [4.78, 5) is 32.7. The number of allylic oxidation sites excluding steroid dienone is 1. The van der Waals surface area contributed by atoms with E-state index in [1.165, 1.54) is 27.0 Å². The third kappa shape index (κ3) is 9.13. The molecule has 0 aromatic heterocycles. The van der Waals surface area contributed by atoms with Gasteiger partial charge in [-0.15, -0.1) is 0 Å². The number of hydrogen-bond acceptors (Lipinski definition) is 6. The van der Waals surface area contributed by atoms with E-state index in [0.29, 0.717) is 12.8 Å². The van der Waals surface area contributed by atoms with Gasteiger partial charge in [0.2, 0.25) is 0 Å². The molecule has 0 N–H and O–H groups in total. The first-order valence-corrected chi connectivity index (χ1v) is 6.41. The van der Waals surface area contributed by atoms with Gasteiger partial charge in [0.25, 0.3) is 0 Å². The molecule has 114 valence electrons. The van der Waals surface area contributed by atoms with Crippen molar-refractivity contribution in [3.63, 3.8) is 0 Å². The number of methoxy groups -OCH3 is 1. The van der Waals surface area contributed by atoms with E-state index in [1.807, 2.05) is 6.92 Å². The standard InChI is InChI=1S/C14H22O6/c1-10(7-5-6-8-14(17)18-4)13(20-12(3)16)9-19-11(2)15/h6,8,10,13H,5,7,9H2,1-4H3/b8-6+/t10-,13+/m0/s1. The first-order chi connectivity index (χ1) is 9.36. The molecule has 0 amide bonds. The van der Waals surface area contributed by atoms with Crippen molar-refractivity contribution in [2.45, 2.75) is 39.7 Å². The highest BCUT2D eigenvalue weighted by molar-refractivity contribution is 5.81. The molecule has 2 atom stereocenters. The zero-order valence-electron chi connectivity index (χ0n) is 12.4. The topological polar surface area (TPSA) is 78.9 Å². The molecule has 0 fully saturated rings. The van der Waals surface area contributed by atoms with Crippen LogP contribution >= 0.6 is 0 Å². The van der Waals surface area contributed by atoms with Crippen molar-refractivity contribution in [3.05, 3.63) is 12.2 Å². The van der Waals surface area contributed by atoms with E-state index < -0.39 is 24.0 Å². The van der Waals surface area contributed by atoms with Crippen LogP contribution in [0.2, 0.25) is 0 Å². The second-order valence-corrected chi connectivity index (χ2v) is 4.43. The summed E-state index contributed by atoms with van der Waals surface area (Å²) in [5.74, 6) is -1.24. The molecule has 20 heavy (non-hydrogen) atoms. The van der Waals surface area contributed by atoms with Crippen molar-refractivity contribution in [2.75, 3.05) is 13.7 Å². The molecule has 0 aromatic carbocycles. The number of carbonyl (C=O) groups is 3. The Morgan fingerprint density at radius 1 is 1.15 bits per heavy atom. The van der Waals surface area contributed by atoms with Crippen molar-refractivity contribution >= 4 is 17.9 Å². The van der Waals surface area contributed by atoms with Gasteiger partial charge in [0.05, 0.1) is 7.11 Å². The van der Waals surface area contributed by atoms with Gasteiger partial charge in [0.1, 0.15) is 12.7 Å². The van der Waals surface area contributed by atoms with Gasteiger partial charge in [-0.25, -0.2) is 4.79 Å². The first kappa shape index (κ1) is 18.1. The maximum Gasteiger partial charge on any atom is 0.330 e. The maximum absolute atomic E-state index is 11.0. The van der Waals surface area contributed by atoms with Gasteiger partial charge >= 0.3 is 17.9 Å². The third-order valence-corrected chi connectivity index (χ3v) is 2.65. The average molecular weight is 286 g/mol. The van der Waals surface area contributed by atoms with Crippen LogP contribution in [0.5, 0.6) is 0 Å². The van der Waals surface area contributed by atoms with Crippen LogP contribution in [-0.4, -0.2) is 37.7 Å². The Kier molecular flexibility index (Phi) is 9.07. The van der Waals surface area contributed by atoms with Crippen molar-refractivity contribution in [3.8, 4) is 0 Å². The van der Waals surface area contributed by atoms with Gasteiger partial charge in [-0.2, -0.15) is 0 Å². The molecule has 0 heterocycles. The highest BCUT2D eigenvalue weighted by Gasteiger charge is 2.21. The largest absolute Gasteiger partial charge is 0.466 e. The lowest BCUT2D eigenvalue weighted by Gasteiger charge is -2.22. The summed E-state index contributed by atoms with van der Waals surface area (Å²) in [5, 5.41) is 0. The summed E-state index contributed by atoms with van der Waals surface area (Å²) < 4.78 is 14.5. The van der Waals surface area contributed by atoms with Crippen molar-refractivity contribution in [1.82, 2.24) is 0 Å². The lowest BCUT2D eigenvalue weighted by atomic mass is 9.99. The number of rotatable bonds is 8. The molecule has 0 aliphatic heterocycles. The minimum atomic E-state index is -0.483. The minimum absolute atomic E-state index is 0.000506. The molecule has 0 unspecified atom stereocenters. The van der Waals surface area contributed by atoms with E-state index in [1.54, 1.807) is 6.08 Å². The van der Waals surface area contributed by atoms with Gasteiger partial charge in [-0.1, -0.05) is 13.0 Å². The first-order valence-electron chi connectivity index (χ1n) is 6.41. The SMILES string of the molecule is COC(=O)/C=C/CC[C@H](C)[C@@H](COC(C)=O)OC(C)=O. The fraction of sp³-hybridized carbons (Fsp3) is 0.643. The summed E-state index contributed by atoms with van der Waals surface area (Å²) in [6.45, 7) is 4.54. The van der Waals surface area contributed by atoms with Crippen molar-refractivity contribution < 1.29 is 28.6 Å². The predicted octanol–water partition coefficient (Wildman–Crippen LogP) is 1.63. The highest BCUT2D eigenvalue weighted by Crippen LogP contribution is 2.15. The van der Waals surface area contributed by atoms with Crippen LogP contribution in [-0.2, 0) is 28.6 Å². The van der Waals surface area contributed by atoms with Crippen LogP contribution in [0, 0.1) is 5.92 Å². The molecule has 0 rings (SSSR count). The number of hydrogen-bond donors (Lipinski definition) is 0. The fourth-order valence-corrected chi connectivity index (χ4v) is 1.52. The Bertz CT molecular complexity index is 361.